The van der Waals surface area contributed by atoms with E-state index in [0.717, 1.165) is 5.69 Å². The lowest BCUT2D eigenvalue weighted by Crippen LogP contribution is -2.01. The summed E-state index contributed by atoms with van der Waals surface area (Å²) in [7, 11) is 0. The summed E-state index contributed by atoms with van der Waals surface area (Å²) in [5, 5.41) is 8.67. The van der Waals surface area contributed by atoms with Crippen molar-refractivity contribution in [1.82, 2.24) is 9.97 Å². The largest absolute Gasteiger partial charge is 0.486 e. The van der Waals surface area contributed by atoms with Crippen LogP contribution in [0.2, 0.25) is 0 Å². The van der Waals surface area contributed by atoms with Gasteiger partial charge in [-0.15, -0.1) is 0 Å². The van der Waals surface area contributed by atoms with Gasteiger partial charge in [0.15, 0.2) is 0 Å². The normalized spacial score (nSPS) is 9.88. The van der Waals surface area contributed by atoms with Crippen LogP contribution in [0, 0.1) is 0 Å². The zero-order valence-corrected chi connectivity index (χ0v) is 8.91. The van der Waals surface area contributed by atoms with Crippen LogP contribution in [0.5, 0.6) is 5.75 Å². The van der Waals surface area contributed by atoms with Crippen LogP contribution in [-0.4, -0.2) is 21.0 Å². The van der Waals surface area contributed by atoms with Crippen LogP contribution in [-0.2, 0) is 6.61 Å². The van der Waals surface area contributed by atoms with Gasteiger partial charge in [0, 0.05) is 6.20 Å². The molecule has 2 aromatic rings. The van der Waals surface area contributed by atoms with E-state index >= 15 is 0 Å². The molecule has 0 fully saturated rings. The van der Waals surface area contributed by atoms with Crippen molar-refractivity contribution in [2.45, 2.75) is 6.61 Å². The lowest BCUT2D eigenvalue weighted by Gasteiger charge is -2.04. The lowest BCUT2D eigenvalue weighted by molar-refractivity contribution is 0.0690. The molecule has 0 aliphatic carbocycles. The molecule has 0 aliphatic heterocycles. The number of carbonyl (C=O) groups is 1. The summed E-state index contributed by atoms with van der Waals surface area (Å²) in [6, 6.07) is 8.51. The highest BCUT2D eigenvalue weighted by Crippen LogP contribution is 2.10. The number of hydrogen-bond donors (Lipinski definition) is 1. The van der Waals surface area contributed by atoms with Gasteiger partial charge in [-0.1, -0.05) is 6.07 Å². The third-order valence-electron chi connectivity index (χ3n) is 2.07. The van der Waals surface area contributed by atoms with E-state index in [4.69, 9.17) is 9.84 Å². The number of aromatic carboxylic acids is 1. The van der Waals surface area contributed by atoms with Crippen molar-refractivity contribution in [2.75, 3.05) is 0 Å². The number of hydrogen-bond acceptors (Lipinski definition) is 4. The summed E-state index contributed by atoms with van der Waals surface area (Å²) in [5.41, 5.74) is 0.796. The van der Waals surface area contributed by atoms with Crippen molar-refractivity contribution in [3.8, 4) is 5.75 Å². The maximum absolute atomic E-state index is 10.6. The molecule has 0 saturated carbocycles. The van der Waals surface area contributed by atoms with Gasteiger partial charge in [0.05, 0.1) is 11.9 Å². The van der Waals surface area contributed by atoms with Crippen LogP contribution in [0.15, 0.2) is 42.7 Å². The predicted octanol–water partition coefficient (Wildman–Crippen LogP) is 1.75. The molecule has 17 heavy (non-hydrogen) atoms. The van der Waals surface area contributed by atoms with Crippen molar-refractivity contribution < 1.29 is 14.6 Å². The molecule has 0 spiro atoms. The zero-order chi connectivity index (χ0) is 12.1. The maximum atomic E-state index is 10.6. The minimum atomic E-state index is -1.05. The number of carboxylic acids is 1. The minimum absolute atomic E-state index is 0.00446. The van der Waals surface area contributed by atoms with E-state index in [2.05, 4.69) is 9.97 Å². The third-order valence-corrected chi connectivity index (χ3v) is 2.07. The number of ether oxygens (including phenoxy) is 1. The molecule has 5 nitrogen and oxygen atoms in total. The second kappa shape index (κ2) is 5.07. The molecule has 0 unspecified atom stereocenters. The van der Waals surface area contributed by atoms with Gasteiger partial charge >= 0.3 is 5.97 Å². The Morgan fingerprint density at radius 2 is 2.12 bits per heavy atom. The third kappa shape index (κ3) is 3.01. The molecule has 0 amide bonds. The van der Waals surface area contributed by atoms with Crippen LogP contribution in [0.4, 0.5) is 0 Å². The van der Waals surface area contributed by atoms with Gasteiger partial charge in [-0.05, 0) is 24.3 Å². The molecule has 1 N–H and O–H groups in total. The fourth-order valence-electron chi connectivity index (χ4n) is 1.23. The molecule has 2 rings (SSSR count). The van der Waals surface area contributed by atoms with Crippen molar-refractivity contribution in [3.05, 3.63) is 54.1 Å². The standard InChI is InChI=1S/C12H10N2O3/c15-12(16)11-5-4-10(7-14-11)17-8-9-3-1-2-6-13-9/h1-7H,8H2,(H,15,16). The van der Waals surface area contributed by atoms with Crippen LogP contribution in [0.1, 0.15) is 16.2 Å². The Labute approximate surface area is 97.7 Å². The SMILES string of the molecule is O=C(O)c1ccc(OCc2ccccn2)cn1. The van der Waals surface area contributed by atoms with Gasteiger partial charge in [-0.3, -0.25) is 4.98 Å². The summed E-state index contributed by atoms with van der Waals surface area (Å²) in [6.45, 7) is 0.328. The fraction of sp³-hybridized carbons (Fsp3) is 0.0833. The first-order chi connectivity index (χ1) is 8.25. The first-order valence-corrected chi connectivity index (χ1v) is 4.98. The highest BCUT2D eigenvalue weighted by Gasteiger charge is 2.04. The number of carboxylic acid groups (broad SMARTS) is 1. The minimum Gasteiger partial charge on any atom is -0.486 e. The molecule has 2 heterocycles. The molecule has 86 valence electrons. The van der Waals surface area contributed by atoms with E-state index in [1.165, 1.54) is 12.3 Å². The maximum Gasteiger partial charge on any atom is 0.354 e. The average molecular weight is 230 g/mol. The average Bonchev–Trinajstić information content (AvgIpc) is 2.38. The Hall–Kier alpha value is -2.43. The Morgan fingerprint density at radius 3 is 2.71 bits per heavy atom. The molecule has 0 saturated heterocycles. The summed E-state index contributed by atoms with van der Waals surface area (Å²) >= 11 is 0. The van der Waals surface area contributed by atoms with Gasteiger partial charge < -0.3 is 9.84 Å². The Morgan fingerprint density at radius 1 is 1.24 bits per heavy atom. The van der Waals surface area contributed by atoms with Gasteiger partial charge in [0.1, 0.15) is 18.1 Å². The molecule has 0 aliphatic rings. The Kier molecular flexibility index (Phi) is 3.30. The van der Waals surface area contributed by atoms with Crippen LogP contribution in [0.3, 0.4) is 0 Å². The number of rotatable bonds is 4. The van der Waals surface area contributed by atoms with Gasteiger partial charge in [-0.2, -0.15) is 0 Å². The summed E-state index contributed by atoms with van der Waals surface area (Å²) < 4.78 is 5.41. The van der Waals surface area contributed by atoms with E-state index < -0.39 is 5.97 Å². The monoisotopic (exact) mass is 230 g/mol. The Balaban J connectivity index is 1.98. The van der Waals surface area contributed by atoms with E-state index in [1.807, 2.05) is 18.2 Å². The van der Waals surface area contributed by atoms with Gasteiger partial charge in [0.25, 0.3) is 0 Å². The molecule has 5 heteroatoms. The molecule has 0 bridgehead atoms. The second-order valence-electron chi connectivity index (χ2n) is 3.29. The summed E-state index contributed by atoms with van der Waals surface area (Å²) in [6.07, 6.45) is 3.07. The van der Waals surface area contributed by atoms with Crippen molar-refractivity contribution in [1.29, 1.82) is 0 Å². The number of nitrogens with zero attached hydrogens (tertiary/aromatic N) is 2. The molecule has 0 radical (unpaired) electrons. The highest BCUT2D eigenvalue weighted by molar-refractivity contribution is 5.85. The van der Waals surface area contributed by atoms with Gasteiger partial charge in [0.2, 0.25) is 0 Å². The quantitative estimate of drug-likeness (QED) is 0.866. The topological polar surface area (TPSA) is 72.3 Å². The van der Waals surface area contributed by atoms with Crippen LogP contribution >= 0.6 is 0 Å². The number of pyridine rings is 2. The van der Waals surface area contributed by atoms with Crippen LogP contribution < -0.4 is 4.74 Å². The van der Waals surface area contributed by atoms with Crippen molar-refractivity contribution in [2.24, 2.45) is 0 Å². The van der Waals surface area contributed by atoms with Gasteiger partial charge in [-0.25, -0.2) is 9.78 Å². The first kappa shape index (κ1) is 11.1. The molecular formula is C12H10N2O3. The smallest absolute Gasteiger partial charge is 0.354 e. The summed E-state index contributed by atoms with van der Waals surface area (Å²) in [5.74, 6) is -0.540. The van der Waals surface area contributed by atoms with E-state index in [-0.39, 0.29) is 5.69 Å². The highest BCUT2D eigenvalue weighted by atomic mass is 16.5. The lowest BCUT2D eigenvalue weighted by atomic mass is 10.3. The first-order valence-electron chi connectivity index (χ1n) is 4.98. The second-order valence-corrected chi connectivity index (χ2v) is 3.29. The fourth-order valence-corrected chi connectivity index (χ4v) is 1.23. The summed E-state index contributed by atoms with van der Waals surface area (Å²) in [4.78, 5) is 18.4. The van der Waals surface area contributed by atoms with Crippen LogP contribution in [0.25, 0.3) is 0 Å². The Bertz CT molecular complexity index is 497. The predicted molar refractivity (Wildman–Crippen MR) is 59.8 cm³/mol. The zero-order valence-electron chi connectivity index (χ0n) is 8.91. The molecular weight excluding hydrogens is 220 g/mol. The van der Waals surface area contributed by atoms with Crippen molar-refractivity contribution in [3.63, 3.8) is 0 Å². The van der Waals surface area contributed by atoms with E-state index in [9.17, 15) is 4.79 Å². The molecule has 0 atom stereocenters. The molecule has 0 aromatic carbocycles. The van der Waals surface area contributed by atoms with Crippen molar-refractivity contribution >= 4 is 5.97 Å². The number of aromatic nitrogens is 2. The molecule has 2 aromatic heterocycles. The van der Waals surface area contributed by atoms with E-state index in [0.29, 0.717) is 12.4 Å². The van der Waals surface area contributed by atoms with E-state index in [1.54, 1.807) is 12.3 Å².